The van der Waals surface area contributed by atoms with Crippen molar-refractivity contribution in [2.75, 3.05) is 0 Å². The Kier molecular flexibility index (Phi) is 6.87. The first kappa shape index (κ1) is 23.3. The van der Waals surface area contributed by atoms with E-state index < -0.39 is 0 Å². The van der Waals surface area contributed by atoms with Gasteiger partial charge >= 0.3 is 0 Å². The van der Waals surface area contributed by atoms with Crippen LogP contribution < -0.4 is 0 Å². The van der Waals surface area contributed by atoms with Gasteiger partial charge in [-0.3, -0.25) is 9.69 Å². The van der Waals surface area contributed by atoms with Gasteiger partial charge in [-0.25, -0.2) is 4.99 Å². The minimum atomic E-state index is -0.0130. The highest BCUT2D eigenvalue weighted by atomic mass is 35.5. The van der Waals surface area contributed by atoms with Crippen LogP contribution in [0.5, 0.6) is 0 Å². The SMILES string of the molecule is C[C@@H]1CCCC[C@H]1N1C(=O)/C(=C/c2ccc(-c3ccc(Cl)cc3Cl)o2)SC1=Nc1ccccc1. The Morgan fingerprint density at radius 1 is 1.06 bits per heavy atom. The van der Waals surface area contributed by atoms with Crippen molar-refractivity contribution in [1.82, 2.24) is 4.90 Å². The normalized spacial score (nSPS) is 23.3. The van der Waals surface area contributed by atoms with Crippen molar-refractivity contribution in [2.24, 2.45) is 10.9 Å². The summed E-state index contributed by atoms with van der Waals surface area (Å²) in [6.07, 6.45) is 6.26. The molecule has 0 bridgehead atoms. The van der Waals surface area contributed by atoms with Crippen LogP contribution in [0.2, 0.25) is 10.0 Å². The summed E-state index contributed by atoms with van der Waals surface area (Å²) in [5, 5.41) is 1.81. The molecule has 2 fully saturated rings. The molecule has 7 heteroatoms. The molecule has 1 saturated heterocycles. The van der Waals surface area contributed by atoms with Crippen molar-refractivity contribution in [3.05, 3.63) is 81.4 Å². The zero-order chi connectivity index (χ0) is 23.7. The second kappa shape index (κ2) is 10.0. The van der Waals surface area contributed by atoms with Crippen LogP contribution in [0.25, 0.3) is 17.4 Å². The first-order valence-corrected chi connectivity index (χ1v) is 13.0. The molecular weight excluding hydrogens is 487 g/mol. The number of amidine groups is 1. The van der Waals surface area contributed by atoms with E-state index in [2.05, 4.69) is 6.92 Å². The van der Waals surface area contributed by atoms with E-state index in [9.17, 15) is 4.79 Å². The zero-order valence-corrected chi connectivity index (χ0v) is 21.0. The third kappa shape index (κ3) is 4.83. The van der Waals surface area contributed by atoms with Crippen LogP contribution in [0.1, 0.15) is 38.4 Å². The van der Waals surface area contributed by atoms with E-state index in [0.717, 1.165) is 35.7 Å². The summed E-state index contributed by atoms with van der Waals surface area (Å²) in [5.41, 5.74) is 1.59. The molecule has 4 nitrogen and oxygen atoms in total. The molecule has 3 aromatic rings. The number of thioether (sulfide) groups is 1. The Balaban J connectivity index is 1.48. The molecule has 5 rings (SSSR count). The monoisotopic (exact) mass is 510 g/mol. The van der Waals surface area contributed by atoms with E-state index in [1.165, 1.54) is 18.2 Å². The van der Waals surface area contributed by atoms with Crippen molar-refractivity contribution >= 4 is 57.8 Å². The second-order valence-electron chi connectivity index (χ2n) is 8.67. The number of furan rings is 1. The van der Waals surface area contributed by atoms with Gasteiger partial charge in [0.25, 0.3) is 5.91 Å². The fourth-order valence-electron chi connectivity index (χ4n) is 4.54. The summed E-state index contributed by atoms with van der Waals surface area (Å²) in [6, 6.07) is 18.9. The number of rotatable bonds is 4. The molecule has 2 heterocycles. The fraction of sp³-hybridized carbons (Fsp3) is 0.259. The predicted octanol–water partition coefficient (Wildman–Crippen LogP) is 8.44. The number of nitrogens with zero attached hydrogens (tertiary/aromatic N) is 2. The third-order valence-electron chi connectivity index (χ3n) is 6.31. The molecule has 0 unspecified atom stereocenters. The molecule has 2 atom stereocenters. The second-order valence-corrected chi connectivity index (χ2v) is 10.5. The van der Waals surface area contributed by atoms with E-state index in [1.54, 1.807) is 18.2 Å². The highest BCUT2D eigenvalue weighted by Crippen LogP contribution is 2.40. The van der Waals surface area contributed by atoms with Crippen LogP contribution in [0.15, 0.2) is 75.0 Å². The smallest absolute Gasteiger partial charge is 0.267 e. The van der Waals surface area contributed by atoms with Gasteiger partial charge in [0.05, 0.1) is 15.6 Å². The Bertz CT molecular complexity index is 1270. The van der Waals surface area contributed by atoms with Gasteiger partial charge in [-0.2, -0.15) is 0 Å². The molecule has 2 aliphatic rings. The zero-order valence-electron chi connectivity index (χ0n) is 18.7. The van der Waals surface area contributed by atoms with Gasteiger partial charge in [0.1, 0.15) is 11.5 Å². The van der Waals surface area contributed by atoms with Crippen LogP contribution in [-0.2, 0) is 4.79 Å². The molecule has 0 N–H and O–H groups in total. The molecule has 1 aromatic heterocycles. The Morgan fingerprint density at radius 3 is 2.62 bits per heavy atom. The molecular formula is C27H24Cl2N2O2S. The first-order chi connectivity index (χ1) is 16.5. The molecule has 1 amide bonds. The molecule has 0 radical (unpaired) electrons. The van der Waals surface area contributed by atoms with Gasteiger partial charge in [-0.15, -0.1) is 0 Å². The largest absolute Gasteiger partial charge is 0.457 e. The lowest BCUT2D eigenvalue weighted by atomic mass is 9.85. The standard InChI is InChI=1S/C27H24Cl2N2O2S/c1-17-7-5-6-10-23(17)31-26(32)25(34-27(31)30-19-8-3-2-4-9-19)16-20-12-14-24(33-20)21-13-11-18(28)15-22(21)29/h2-4,8-9,11-17,23H,5-7,10H2,1H3/b25-16-,30-27?/t17-,23-/m1/s1. The number of aliphatic imine (C=N–C) groups is 1. The minimum absolute atomic E-state index is 0.0130. The van der Waals surface area contributed by atoms with Crippen LogP contribution in [0.4, 0.5) is 5.69 Å². The topological polar surface area (TPSA) is 45.8 Å². The van der Waals surface area contributed by atoms with Gasteiger partial charge in [0, 0.05) is 22.7 Å². The fourth-order valence-corrected chi connectivity index (χ4v) is 6.07. The van der Waals surface area contributed by atoms with Crippen molar-refractivity contribution in [3.63, 3.8) is 0 Å². The number of halogens is 2. The summed E-state index contributed by atoms with van der Waals surface area (Å²) >= 11 is 13.8. The Labute approximate surface area is 213 Å². The van der Waals surface area contributed by atoms with Crippen molar-refractivity contribution in [3.8, 4) is 11.3 Å². The summed E-state index contributed by atoms with van der Waals surface area (Å²) in [4.78, 5) is 21.0. The summed E-state index contributed by atoms with van der Waals surface area (Å²) < 4.78 is 6.03. The van der Waals surface area contributed by atoms with E-state index in [4.69, 9.17) is 32.6 Å². The number of amides is 1. The molecule has 2 aromatic carbocycles. The van der Waals surface area contributed by atoms with E-state index >= 15 is 0 Å². The summed E-state index contributed by atoms with van der Waals surface area (Å²) in [5.74, 6) is 1.64. The van der Waals surface area contributed by atoms with Crippen LogP contribution in [-0.4, -0.2) is 22.0 Å². The maximum Gasteiger partial charge on any atom is 0.267 e. The van der Waals surface area contributed by atoms with Crippen LogP contribution in [0.3, 0.4) is 0 Å². The van der Waals surface area contributed by atoms with Gasteiger partial charge in [0.15, 0.2) is 5.17 Å². The summed E-state index contributed by atoms with van der Waals surface area (Å²) in [6.45, 7) is 2.23. The van der Waals surface area contributed by atoms with E-state index in [-0.39, 0.29) is 11.9 Å². The molecule has 34 heavy (non-hydrogen) atoms. The van der Waals surface area contributed by atoms with Crippen molar-refractivity contribution in [2.45, 2.75) is 38.6 Å². The van der Waals surface area contributed by atoms with Crippen molar-refractivity contribution < 1.29 is 9.21 Å². The maximum absolute atomic E-state index is 13.6. The Hall–Kier alpha value is -2.47. The number of carbonyl (C=O) groups excluding carboxylic acids is 1. The molecule has 0 spiro atoms. The van der Waals surface area contributed by atoms with Crippen molar-refractivity contribution in [1.29, 1.82) is 0 Å². The molecule has 1 saturated carbocycles. The first-order valence-electron chi connectivity index (χ1n) is 11.4. The van der Waals surface area contributed by atoms with Gasteiger partial charge < -0.3 is 4.42 Å². The van der Waals surface area contributed by atoms with Gasteiger partial charge in [-0.05, 0) is 73.0 Å². The lowest BCUT2D eigenvalue weighted by Crippen LogP contribution is -2.44. The van der Waals surface area contributed by atoms with Gasteiger partial charge in [0.2, 0.25) is 0 Å². The maximum atomic E-state index is 13.6. The quantitative estimate of drug-likeness (QED) is 0.330. The number of carbonyl (C=O) groups is 1. The highest BCUT2D eigenvalue weighted by Gasteiger charge is 2.41. The van der Waals surface area contributed by atoms with E-state index in [1.807, 2.05) is 53.4 Å². The average molecular weight is 511 g/mol. The van der Waals surface area contributed by atoms with Crippen LogP contribution in [0, 0.1) is 5.92 Å². The number of hydrogen-bond acceptors (Lipinski definition) is 4. The Morgan fingerprint density at radius 2 is 1.85 bits per heavy atom. The highest BCUT2D eigenvalue weighted by molar-refractivity contribution is 8.18. The van der Waals surface area contributed by atoms with Crippen LogP contribution >= 0.6 is 35.0 Å². The number of benzene rings is 2. The number of hydrogen-bond donors (Lipinski definition) is 0. The summed E-state index contributed by atoms with van der Waals surface area (Å²) in [7, 11) is 0. The number of para-hydroxylation sites is 1. The van der Waals surface area contributed by atoms with E-state index in [0.29, 0.717) is 32.4 Å². The molecule has 174 valence electrons. The average Bonchev–Trinajstić information content (AvgIpc) is 3.40. The molecule has 1 aliphatic heterocycles. The van der Waals surface area contributed by atoms with Gasteiger partial charge in [-0.1, -0.05) is 61.2 Å². The molecule has 1 aliphatic carbocycles. The minimum Gasteiger partial charge on any atom is -0.457 e. The third-order valence-corrected chi connectivity index (χ3v) is 7.84. The lowest BCUT2D eigenvalue weighted by Gasteiger charge is -2.35. The predicted molar refractivity (Wildman–Crippen MR) is 142 cm³/mol. The lowest BCUT2D eigenvalue weighted by molar-refractivity contribution is -0.124.